The zero-order valence-electron chi connectivity index (χ0n) is 24.9. The summed E-state index contributed by atoms with van der Waals surface area (Å²) in [5, 5.41) is 61.7. The minimum atomic E-state index is -1.87. The van der Waals surface area contributed by atoms with Gasteiger partial charge in [-0.15, -0.1) is 0 Å². The predicted octanol–water partition coefficient (Wildman–Crippen LogP) is -6.29. The minimum Gasteiger partial charge on any atom is -0.467 e. The highest BCUT2D eigenvalue weighted by atomic mass is 16.7. The Morgan fingerprint density at radius 3 is 2.50 bits per heavy atom. The molecule has 2 saturated carbocycles. The summed E-state index contributed by atoms with van der Waals surface area (Å²) in [5.74, 6) is -0.536. The number of hydrogen-bond acceptors (Lipinski definition) is 15. The fourth-order valence-electron chi connectivity index (χ4n) is 5.92. The number of rotatable bonds is 12. The lowest BCUT2D eigenvalue weighted by molar-refractivity contribution is -0.304. The van der Waals surface area contributed by atoms with Crippen LogP contribution in [0.5, 0.6) is 0 Å². The van der Waals surface area contributed by atoms with Gasteiger partial charge in [0.1, 0.15) is 35.8 Å². The van der Waals surface area contributed by atoms with E-state index in [0.717, 1.165) is 0 Å². The molecule has 16 N–H and O–H groups in total. The topological polar surface area (TPSA) is 308 Å². The third kappa shape index (κ3) is 7.60. The molecule has 0 spiro atoms. The zero-order chi connectivity index (χ0) is 32.4. The molecule has 0 bridgehead atoms. The average molecular weight is 633 g/mol. The number of ether oxygens (including phenoxy) is 4. The molecule has 18 heteroatoms. The molecular formula is C26H48N8O10. The SMILES string of the molecule is CNC1C(O)C(OC2C(NC(=O)C3(O)CC3N=C(N)N)CC(N)C(OC3OC(CNCCO)=CCC3N)C2O)OCC1(C)O. The van der Waals surface area contributed by atoms with E-state index in [1.54, 1.807) is 13.1 Å². The van der Waals surface area contributed by atoms with E-state index < -0.39 is 84.3 Å². The average Bonchev–Trinajstić information content (AvgIpc) is 3.60. The van der Waals surface area contributed by atoms with Gasteiger partial charge < -0.3 is 83.4 Å². The quantitative estimate of drug-likeness (QED) is 0.0541. The van der Waals surface area contributed by atoms with E-state index in [-0.39, 0.29) is 32.0 Å². The smallest absolute Gasteiger partial charge is 0.254 e. The Balaban J connectivity index is 1.52. The highest BCUT2D eigenvalue weighted by Crippen LogP contribution is 2.40. The van der Waals surface area contributed by atoms with Gasteiger partial charge in [0.2, 0.25) is 6.29 Å². The van der Waals surface area contributed by atoms with Crippen LogP contribution in [0.3, 0.4) is 0 Å². The van der Waals surface area contributed by atoms with Crippen LogP contribution < -0.4 is 38.9 Å². The Labute approximate surface area is 255 Å². The first kappa shape index (κ1) is 34.7. The number of aliphatic imine (C=N–C) groups is 1. The maximum absolute atomic E-state index is 13.2. The van der Waals surface area contributed by atoms with Crippen molar-refractivity contribution in [2.45, 2.75) is 105 Å². The van der Waals surface area contributed by atoms with Crippen LogP contribution >= 0.6 is 0 Å². The van der Waals surface area contributed by atoms with Crippen molar-refractivity contribution in [3.63, 3.8) is 0 Å². The second-order valence-electron chi connectivity index (χ2n) is 12.1. The van der Waals surface area contributed by atoms with Crippen molar-refractivity contribution >= 4 is 11.9 Å². The highest BCUT2D eigenvalue weighted by molar-refractivity contribution is 5.90. The van der Waals surface area contributed by atoms with Crippen LogP contribution in [0.4, 0.5) is 0 Å². The lowest BCUT2D eigenvalue weighted by Gasteiger charge is -2.49. The number of guanidine groups is 1. The molecule has 18 nitrogen and oxygen atoms in total. The Kier molecular flexibility index (Phi) is 11.1. The third-order valence-corrected chi connectivity index (χ3v) is 8.47. The Hall–Kier alpha value is -2.20. The first-order valence-corrected chi connectivity index (χ1v) is 14.7. The van der Waals surface area contributed by atoms with Gasteiger partial charge >= 0.3 is 0 Å². The van der Waals surface area contributed by atoms with E-state index in [4.69, 9.17) is 47.0 Å². The normalized spacial score (nSPS) is 43.8. The summed E-state index contributed by atoms with van der Waals surface area (Å²) in [7, 11) is 1.56. The largest absolute Gasteiger partial charge is 0.467 e. The third-order valence-electron chi connectivity index (χ3n) is 8.47. The van der Waals surface area contributed by atoms with Crippen molar-refractivity contribution in [2.75, 3.05) is 33.4 Å². The van der Waals surface area contributed by atoms with Crippen molar-refractivity contribution < 1.29 is 49.3 Å². The van der Waals surface area contributed by atoms with E-state index in [2.05, 4.69) is 20.9 Å². The summed E-state index contributed by atoms with van der Waals surface area (Å²) in [5.41, 5.74) is 20.2. The van der Waals surface area contributed by atoms with Crippen LogP contribution in [0.25, 0.3) is 0 Å². The number of carbonyl (C=O) groups is 1. The van der Waals surface area contributed by atoms with Crippen molar-refractivity contribution in [1.29, 1.82) is 0 Å². The molecule has 13 atom stereocenters. The van der Waals surface area contributed by atoms with E-state index in [9.17, 15) is 25.2 Å². The summed E-state index contributed by atoms with van der Waals surface area (Å²) < 4.78 is 23.8. The number of aliphatic hydroxyl groups is 5. The molecule has 1 amide bonds. The van der Waals surface area contributed by atoms with E-state index in [0.29, 0.717) is 25.3 Å². The van der Waals surface area contributed by atoms with Crippen molar-refractivity contribution in [3.8, 4) is 0 Å². The molecule has 2 aliphatic carbocycles. The molecule has 44 heavy (non-hydrogen) atoms. The van der Waals surface area contributed by atoms with Gasteiger partial charge in [0, 0.05) is 19.0 Å². The van der Waals surface area contributed by atoms with E-state index >= 15 is 0 Å². The van der Waals surface area contributed by atoms with Gasteiger partial charge in [0.05, 0.1) is 43.9 Å². The van der Waals surface area contributed by atoms with Crippen LogP contribution in [0, 0.1) is 0 Å². The predicted molar refractivity (Wildman–Crippen MR) is 154 cm³/mol. The van der Waals surface area contributed by atoms with Gasteiger partial charge in [-0.1, -0.05) is 0 Å². The number of aliphatic hydroxyl groups excluding tert-OH is 3. The zero-order valence-corrected chi connectivity index (χ0v) is 24.9. The van der Waals surface area contributed by atoms with Crippen molar-refractivity contribution in [3.05, 3.63) is 11.8 Å². The van der Waals surface area contributed by atoms with Crippen molar-refractivity contribution in [1.82, 2.24) is 16.0 Å². The van der Waals surface area contributed by atoms with Gasteiger partial charge in [-0.2, -0.15) is 0 Å². The molecule has 3 fully saturated rings. The van der Waals surface area contributed by atoms with Crippen molar-refractivity contribution in [2.24, 2.45) is 27.9 Å². The first-order chi connectivity index (χ1) is 20.7. The number of carbonyl (C=O) groups excluding carboxylic acids is 1. The fraction of sp³-hybridized carbons (Fsp3) is 0.846. The van der Waals surface area contributed by atoms with E-state index in [1.165, 1.54) is 6.92 Å². The molecule has 13 unspecified atom stereocenters. The number of hydrogen-bond donors (Lipinski definition) is 12. The molecule has 2 aliphatic heterocycles. The standard InChI is InChI=1S/C26H48N8O10/c1-25(39)10-41-22(17(37)20(25)31-2)44-19-14(33-23(38)26(40)8-15(26)34-24(29)30)7-13(28)18(16(19)36)43-21-12(27)4-3-11(42-21)9-32-5-6-35/h3,12-22,31-32,35-37,39-40H,4-10,27-28H2,1-2H3,(H,33,38)(H4,29,30,34). The summed E-state index contributed by atoms with van der Waals surface area (Å²) >= 11 is 0. The van der Waals surface area contributed by atoms with Crippen LogP contribution in [0.1, 0.15) is 26.2 Å². The lowest BCUT2D eigenvalue weighted by Crippen LogP contribution is -2.69. The number of likely N-dealkylation sites (N-methyl/N-ethyl adjacent to an activating group) is 1. The summed E-state index contributed by atoms with van der Waals surface area (Å²) in [6, 6.07) is -4.13. The Morgan fingerprint density at radius 1 is 1.14 bits per heavy atom. The summed E-state index contributed by atoms with van der Waals surface area (Å²) in [6.45, 7) is 1.92. The van der Waals surface area contributed by atoms with Gasteiger partial charge in [0.25, 0.3) is 5.91 Å². The molecule has 4 aliphatic rings. The van der Waals surface area contributed by atoms with Gasteiger partial charge in [0.15, 0.2) is 17.9 Å². The molecule has 0 aromatic rings. The van der Waals surface area contributed by atoms with Crippen LogP contribution in [-0.2, 0) is 23.7 Å². The molecule has 4 rings (SSSR count). The summed E-state index contributed by atoms with van der Waals surface area (Å²) in [4.78, 5) is 17.0. The lowest BCUT2D eigenvalue weighted by atomic mass is 9.83. The van der Waals surface area contributed by atoms with Gasteiger partial charge in [-0.3, -0.25) is 4.79 Å². The van der Waals surface area contributed by atoms with Crippen LogP contribution in [0.15, 0.2) is 16.8 Å². The van der Waals surface area contributed by atoms with Crippen LogP contribution in [0.2, 0.25) is 0 Å². The molecule has 0 aromatic heterocycles. The Bertz CT molecular complexity index is 1060. The fourth-order valence-corrected chi connectivity index (χ4v) is 5.92. The molecule has 2 heterocycles. The molecule has 0 radical (unpaired) electrons. The maximum atomic E-state index is 13.2. The first-order valence-electron chi connectivity index (χ1n) is 14.7. The number of nitrogens with zero attached hydrogens (tertiary/aromatic N) is 1. The molecule has 1 saturated heterocycles. The monoisotopic (exact) mass is 632 g/mol. The molecule has 252 valence electrons. The minimum absolute atomic E-state index is 0.0138. The highest BCUT2D eigenvalue weighted by Gasteiger charge is 2.61. The second kappa shape index (κ2) is 14.1. The number of nitrogens with one attached hydrogen (secondary N) is 3. The number of nitrogens with two attached hydrogens (primary N) is 4. The summed E-state index contributed by atoms with van der Waals surface area (Å²) in [6.07, 6.45) is -5.36. The number of amides is 1. The van der Waals surface area contributed by atoms with Gasteiger partial charge in [-0.25, -0.2) is 4.99 Å². The van der Waals surface area contributed by atoms with E-state index in [1.807, 2.05) is 0 Å². The Morgan fingerprint density at radius 2 is 1.84 bits per heavy atom. The van der Waals surface area contributed by atoms with Gasteiger partial charge in [-0.05, 0) is 32.9 Å². The van der Waals surface area contributed by atoms with Crippen LogP contribution in [-0.4, -0.2) is 149 Å². The second-order valence-corrected chi connectivity index (χ2v) is 12.1. The molecule has 0 aromatic carbocycles. The molecular weight excluding hydrogens is 584 g/mol. The maximum Gasteiger partial charge on any atom is 0.254 e.